The number of anilines is 1. The third-order valence-corrected chi connectivity index (χ3v) is 9.03. The molecule has 0 aromatic heterocycles. The Morgan fingerprint density at radius 1 is 0.897 bits per heavy atom. The Kier molecular flexibility index (Phi) is 10.4. The molecule has 0 saturated heterocycles. The summed E-state index contributed by atoms with van der Waals surface area (Å²) in [6, 6.07) is 18.8. The molecule has 0 heterocycles. The minimum Gasteiger partial charge on any atom is -0.352 e. The van der Waals surface area contributed by atoms with Crippen LogP contribution in [0, 0.1) is 6.92 Å². The van der Waals surface area contributed by atoms with E-state index in [0.29, 0.717) is 33.3 Å². The van der Waals surface area contributed by atoms with Crippen LogP contribution in [-0.4, -0.2) is 43.8 Å². The molecule has 208 valence electrons. The molecule has 10 heteroatoms. The van der Waals surface area contributed by atoms with Crippen molar-refractivity contribution in [1.82, 2.24) is 10.2 Å². The molecule has 2 atom stereocenters. The van der Waals surface area contributed by atoms with E-state index in [0.717, 1.165) is 4.31 Å². The van der Waals surface area contributed by atoms with Gasteiger partial charge in [-0.05, 0) is 63.1 Å². The molecule has 3 rings (SSSR count). The lowest BCUT2D eigenvalue weighted by Crippen LogP contribution is -2.52. The van der Waals surface area contributed by atoms with Crippen LogP contribution in [0.2, 0.25) is 10.0 Å². The zero-order valence-corrected chi connectivity index (χ0v) is 24.7. The minimum absolute atomic E-state index is 0.0457. The highest BCUT2D eigenvalue weighted by Crippen LogP contribution is 2.29. The van der Waals surface area contributed by atoms with E-state index >= 15 is 0 Å². The number of carbonyl (C=O) groups is 2. The van der Waals surface area contributed by atoms with Crippen LogP contribution in [0.5, 0.6) is 0 Å². The largest absolute Gasteiger partial charge is 0.352 e. The summed E-state index contributed by atoms with van der Waals surface area (Å²) in [5, 5.41) is 3.57. The molecule has 0 bridgehead atoms. The van der Waals surface area contributed by atoms with Gasteiger partial charge in [-0.2, -0.15) is 0 Å². The van der Waals surface area contributed by atoms with E-state index in [1.807, 2.05) is 13.8 Å². The van der Waals surface area contributed by atoms with Gasteiger partial charge in [-0.25, -0.2) is 8.42 Å². The highest BCUT2D eigenvalue weighted by molar-refractivity contribution is 7.92. The molecule has 0 aliphatic rings. The predicted molar refractivity (Wildman–Crippen MR) is 157 cm³/mol. The number of nitrogens with zero attached hydrogens (tertiary/aromatic N) is 2. The second-order valence-corrected chi connectivity index (χ2v) is 12.0. The van der Waals surface area contributed by atoms with Crippen molar-refractivity contribution in [2.24, 2.45) is 0 Å². The maximum atomic E-state index is 14.0. The molecule has 0 aliphatic carbocycles. The van der Waals surface area contributed by atoms with Crippen LogP contribution < -0.4 is 9.62 Å². The first-order valence-electron chi connectivity index (χ1n) is 12.6. The monoisotopic (exact) mass is 589 g/mol. The van der Waals surface area contributed by atoms with E-state index < -0.39 is 28.5 Å². The van der Waals surface area contributed by atoms with Crippen molar-refractivity contribution in [3.8, 4) is 0 Å². The maximum Gasteiger partial charge on any atom is 0.264 e. The van der Waals surface area contributed by atoms with Crippen molar-refractivity contribution < 1.29 is 18.0 Å². The molecule has 3 aromatic rings. The Labute approximate surface area is 240 Å². The van der Waals surface area contributed by atoms with E-state index in [2.05, 4.69) is 5.32 Å². The summed E-state index contributed by atoms with van der Waals surface area (Å²) in [5.74, 6) is -0.949. The molecular formula is C29H33Cl2N3O4S. The van der Waals surface area contributed by atoms with Crippen LogP contribution in [0.3, 0.4) is 0 Å². The van der Waals surface area contributed by atoms with Crippen LogP contribution in [0.1, 0.15) is 38.3 Å². The van der Waals surface area contributed by atoms with Gasteiger partial charge in [0, 0.05) is 28.2 Å². The zero-order chi connectivity index (χ0) is 28.7. The van der Waals surface area contributed by atoms with Crippen molar-refractivity contribution in [2.75, 3.05) is 10.8 Å². The van der Waals surface area contributed by atoms with E-state index in [-0.39, 0.29) is 23.4 Å². The molecule has 0 saturated carbocycles. The summed E-state index contributed by atoms with van der Waals surface area (Å²) in [7, 11) is -4.13. The van der Waals surface area contributed by atoms with Gasteiger partial charge < -0.3 is 10.2 Å². The summed E-state index contributed by atoms with van der Waals surface area (Å²) >= 11 is 12.8. The number of rotatable bonds is 11. The number of para-hydroxylation sites is 1. The molecule has 0 aliphatic heterocycles. The van der Waals surface area contributed by atoms with Gasteiger partial charge in [-0.15, -0.1) is 0 Å². The summed E-state index contributed by atoms with van der Waals surface area (Å²) in [4.78, 5) is 28.5. The molecule has 0 fully saturated rings. The Morgan fingerprint density at radius 3 is 2.08 bits per heavy atom. The van der Waals surface area contributed by atoms with Crippen LogP contribution in [0.15, 0.2) is 77.7 Å². The third-order valence-electron chi connectivity index (χ3n) is 6.55. The van der Waals surface area contributed by atoms with Gasteiger partial charge in [0.15, 0.2) is 0 Å². The summed E-state index contributed by atoms with van der Waals surface area (Å²) in [6.07, 6.45) is 0.707. The van der Waals surface area contributed by atoms with E-state index in [9.17, 15) is 18.0 Å². The number of aryl methyl sites for hydroxylation is 1. The number of nitrogens with one attached hydrogen (secondary N) is 1. The number of amides is 2. The van der Waals surface area contributed by atoms with Gasteiger partial charge in [-0.1, -0.05) is 72.6 Å². The van der Waals surface area contributed by atoms with Crippen molar-refractivity contribution in [3.63, 3.8) is 0 Å². The number of hydrogen-bond donors (Lipinski definition) is 1. The average molecular weight is 591 g/mol. The first kappa shape index (κ1) is 30.5. The topological polar surface area (TPSA) is 86.8 Å². The number of carbonyl (C=O) groups excluding carboxylic acids is 2. The molecule has 1 N–H and O–H groups in total. The molecule has 0 radical (unpaired) electrons. The van der Waals surface area contributed by atoms with E-state index in [4.69, 9.17) is 23.2 Å². The molecule has 0 unspecified atom stereocenters. The van der Waals surface area contributed by atoms with Crippen LogP contribution in [0.4, 0.5) is 5.69 Å². The third kappa shape index (κ3) is 7.32. The molecule has 0 spiro atoms. The first-order chi connectivity index (χ1) is 18.5. The zero-order valence-electron chi connectivity index (χ0n) is 22.4. The highest BCUT2D eigenvalue weighted by Gasteiger charge is 2.33. The Bertz CT molecular complexity index is 1400. The number of sulfonamides is 1. The summed E-state index contributed by atoms with van der Waals surface area (Å²) in [6.45, 7) is 6.57. The number of hydrogen-bond acceptors (Lipinski definition) is 4. The SMILES string of the molecule is CC[C@H](C)NC(=O)[C@H](C)N(Cc1c(Cl)cccc1Cl)C(=O)CN(c1ccccc1C)S(=O)(=O)c1ccccc1. The van der Waals surface area contributed by atoms with Gasteiger partial charge in [0.25, 0.3) is 10.0 Å². The van der Waals surface area contributed by atoms with Gasteiger partial charge in [0.2, 0.25) is 11.8 Å². The fourth-order valence-electron chi connectivity index (χ4n) is 3.98. The number of benzene rings is 3. The molecule has 2 amide bonds. The normalized spacial score (nSPS) is 12.9. The van der Waals surface area contributed by atoms with Crippen molar-refractivity contribution in [3.05, 3.63) is 94.0 Å². The standard InChI is InChI=1S/C29H33Cl2N3O4S/c1-5-21(3)32-29(36)22(4)33(18-24-25(30)15-11-16-26(24)31)28(35)19-34(27-17-10-9-12-20(27)2)39(37,38)23-13-7-6-8-14-23/h6-17,21-22H,5,18-19H2,1-4H3,(H,32,36)/t21-,22-/m0/s1. The molecule has 7 nitrogen and oxygen atoms in total. The van der Waals surface area contributed by atoms with E-state index in [1.165, 1.54) is 17.0 Å². The lowest BCUT2D eigenvalue weighted by Gasteiger charge is -2.33. The number of halogens is 2. The van der Waals surface area contributed by atoms with Crippen LogP contribution in [0.25, 0.3) is 0 Å². The Morgan fingerprint density at radius 2 is 1.49 bits per heavy atom. The molecule has 3 aromatic carbocycles. The summed E-state index contributed by atoms with van der Waals surface area (Å²) in [5.41, 5.74) is 1.50. The predicted octanol–water partition coefficient (Wildman–Crippen LogP) is 5.83. The van der Waals surface area contributed by atoms with Crippen LogP contribution >= 0.6 is 23.2 Å². The van der Waals surface area contributed by atoms with Gasteiger partial charge in [0.05, 0.1) is 10.6 Å². The Balaban J connectivity index is 2.07. The van der Waals surface area contributed by atoms with Crippen molar-refractivity contribution >= 4 is 50.7 Å². The minimum atomic E-state index is -4.13. The van der Waals surface area contributed by atoms with Gasteiger partial charge in [-0.3, -0.25) is 13.9 Å². The maximum absolute atomic E-state index is 14.0. The Hall–Kier alpha value is -3.07. The van der Waals surface area contributed by atoms with Crippen molar-refractivity contribution in [1.29, 1.82) is 0 Å². The fourth-order valence-corrected chi connectivity index (χ4v) is 5.99. The smallest absolute Gasteiger partial charge is 0.264 e. The lowest BCUT2D eigenvalue weighted by molar-refractivity contribution is -0.139. The van der Waals surface area contributed by atoms with Crippen LogP contribution in [-0.2, 0) is 26.2 Å². The quantitative estimate of drug-likeness (QED) is 0.305. The molecule has 39 heavy (non-hydrogen) atoms. The molecular weight excluding hydrogens is 557 g/mol. The van der Waals surface area contributed by atoms with Gasteiger partial charge in [0.1, 0.15) is 12.6 Å². The van der Waals surface area contributed by atoms with Gasteiger partial charge >= 0.3 is 0 Å². The second kappa shape index (κ2) is 13.3. The van der Waals surface area contributed by atoms with E-state index in [1.54, 1.807) is 74.5 Å². The fraction of sp³-hybridized carbons (Fsp3) is 0.310. The highest BCUT2D eigenvalue weighted by atomic mass is 35.5. The average Bonchev–Trinajstić information content (AvgIpc) is 2.92. The lowest BCUT2D eigenvalue weighted by atomic mass is 10.1. The van der Waals surface area contributed by atoms with Crippen molar-refractivity contribution in [2.45, 2.75) is 57.6 Å². The first-order valence-corrected chi connectivity index (χ1v) is 14.8. The second-order valence-electron chi connectivity index (χ2n) is 9.33. The summed E-state index contributed by atoms with van der Waals surface area (Å²) < 4.78 is 28.7.